The van der Waals surface area contributed by atoms with Crippen LogP contribution in [0, 0.1) is 17.6 Å². The number of hydrogen-bond donors (Lipinski definition) is 1. The maximum Gasteiger partial charge on any atom is 0.244 e. The minimum Gasteiger partial charge on any atom is -0.383 e. The van der Waals surface area contributed by atoms with E-state index in [2.05, 4.69) is 10.2 Å². The molecule has 1 heterocycles. The van der Waals surface area contributed by atoms with E-state index in [0.717, 1.165) is 38.2 Å². The third-order valence-electron chi connectivity index (χ3n) is 3.95. The van der Waals surface area contributed by atoms with E-state index in [9.17, 15) is 13.6 Å². The van der Waals surface area contributed by atoms with E-state index >= 15 is 0 Å². The highest BCUT2D eigenvalue weighted by atomic mass is 19.1. The molecule has 1 aliphatic rings. The second kappa shape index (κ2) is 8.74. The van der Waals surface area contributed by atoms with Gasteiger partial charge in [-0.1, -0.05) is 6.07 Å². The Morgan fingerprint density at radius 2 is 2.17 bits per heavy atom. The van der Waals surface area contributed by atoms with Gasteiger partial charge in [-0.2, -0.15) is 0 Å². The molecule has 0 aromatic heterocycles. The third kappa shape index (κ3) is 5.41. The molecule has 1 N–H and O–H groups in total. The van der Waals surface area contributed by atoms with Gasteiger partial charge in [-0.15, -0.1) is 0 Å². The SMILES string of the molecule is COCCN1CCC(CNC(=O)/C=C/c2c(F)cccc2F)C1. The summed E-state index contributed by atoms with van der Waals surface area (Å²) >= 11 is 0. The van der Waals surface area contributed by atoms with Crippen molar-refractivity contribution in [3.63, 3.8) is 0 Å². The number of halogens is 2. The predicted molar refractivity (Wildman–Crippen MR) is 84.8 cm³/mol. The summed E-state index contributed by atoms with van der Waals surface area (Å²) in [5.41, 5.74) is -0.200. The van der Waals surface area contributed by atoms with Gasteiger partial charge in [0.15, 0.2) is 0 Å². The molecule has 23 heavy (non-hydrogen) atoms. The summed E-state index contributed by atoms with van der Waals surface area (Å²) in [6, 6.07) is 3.61. The van der Waals surface area contributed by atoms with Crippen molar-refractivity contribution < 1.29 is 18.3 Å². The largest absolute Gasteiger partial charge is 0.383 e. The van der Waals surface area contributed by atoms with E-state index in [0.29, 0.717) is 19.1 Å². The highest BCUT2D eigenvalue weighted by molar-refractivity contribution is 5.91. The summed E-state index contributed by atoms with van der Waals surface area (Å²) < 4.78 is 31.9. The molecular weight excluding hydrogens is 302 g/mol. The average molecular weight is 324 g/mol. The standard InChI is InChI=1S/C17H22F2N2O2/c1-23-10-9-21-8-7-13(12-21)11-20-17(22)6-5-14-15(18)3-2-4-16(14)19/h2-6,13H,7-12H2,1H3,(H,20,22)/b6-5+. The van der Waals surface area contributed by atoms with Crippen molar-refractivity contribution in [2.75, 3.05) is 39.9 Å². The minimum atomic E-state index is -0.682. The number of nitrogens with one attached hydrogen (secondary N) is 1. The van der Waals surface area contributed by atoms with Gasteiger partial charge in [0.1, 0.15) is 11.6 Å². The van der Waals surface area contributed by atoms with Crippen molar-refractivity contribution in [2.45, 2.75) is 6.42 Å². The number of benzene rings is 1. The number of ether oxygens (including phenoxy) is 1. The van der Waals surface area contributed by atoms with Crippen LogP contribution in [0.1, 0.15) is 12.0 Å². The van der Waals surface area contributed by atoms with Gasteiger partial charge >= 0.3 is 0 Å². The van der Waals surface area contributed by atoms with Crippen LogP contribution in [0.3, 0.4) is 0 Å². The van der Waals surface area contributed by atoms with Gasteiger partial charge in [0.2, 0.25) is 5.91 Å². The van der Waals surface area contributed by atoms with E-state index in [4.69, 9.17) is 4.74 Å². The molecule has 6 heteroatoms. The fraction of sp³-hybridized carbons (Fsp3) is 0.471. The van der Waals surface area contributed by atoms with Crippen LogP contribution in [-0.2, 0) is 9.53 Å². The van der Waals surface area contributed by atoms with Gasteiger partial charge in [0, 0.05) is 38.4 Å². The molecule has 0 radical (unpaired) electrons. The summed E-state index contributed by atoms with van der Waals surface area (Å²) in [6.07, 6.45) is 3.36. The molecule has 1 aromatic carbocycles. The van der Waals surface area contributed by atoms with E-state index in [1.54, 1.807) is 7.11 Å². The lowest BCUT2D eigenvalue weighted by molar-refractivity contribution is -0.116. The molecule has 2 rings (SSSR count). The van der Waals surface area contributed by atoms with E-state index in [1.165, 1.54) is 18.2 Å². The Bertz CT molecular complexity index is 543. The zero-order chi connectivity index (χ0) is 16.7. The monoisotopic (exact) mass is 324 g/mol. The van der Waals surface area contributed by atoms with Crippen molar-refractivity contribution in [3.05, 3.63) is 41.5 Å². The molecule has 1 unspecified atom stereocenters. The van der Waals surface area contributed by atoms with Crippen molar-refractivity contribution >= 4 is 12.0 Å². The van der Waals surface area contributed by atoms with Crippen molar-refractivity contribution in [1.82, 2.24) is 10.2 Å². The van der Waals surface area contributed by atoms with Gasteiger partial charge < -0.3 is 15.0 Å². The number of hydrogen-bond acceptors (Lipinski definition) is 3. The van der Waals surface area contributed by atoms with Gasteiger partial charge in [0.05, 0.1) is 6.61 Å². The molecule has 0 saturated carbocycles. The lowest BCUT2D eigenvalue weighted by Gasteiger charge is -2.15. The average Bonchev–Trinajstić information content (AvgIpc) is 2.98. The molecule has 0 spiro atoms. The van der Waals surface area contributed by atoms with E-state index in [1.807, 2.05) is 0 Å². The molecule has 1 saturated heterocycles. The molecule has 1 atom stereocenters. The molecule has 4 nitrogen and oxygen atoms in total. The lowest BCUT2D eigenvalue weighted by Crippen LogP contribution is -2.30. The van der Waals surface area contributed by atoms with Crippen molar-refractivity contribution in [1.29, 1.82) is 0 Å². The zero-order valence-electron chi connectivity index (χ0n) is 13.2. The summed E-state index contributed by atoms with van der Waals surface area (Å²) in [6.45, 7) is 4.09. The maximum atomic E-state index is 13.4. The Balaban J connectivity index is 1.76. The number of carbonyl (C=O) groups is 1. The minimum absolute atomic E-state index is 0.200. The Morgan fingerprint density at radius 3 is 2.87 bits per heavy atom. The summed E-state index contributed by atoms with van der Waals surface area (Å²) in [7, 11) is 1.68. The van der Waals surface area contributed by atoms with Crippen LogP contribution in [-0.4, -0.2) is 50.7 Å². The van der Waals surface area contributed by atoms with E-state index < -0.39 is 11.6 Å². The van der Waals surface area contributed by atoms with E-state index in [-0.39, 0.29) is 11.5 Å². The molecule has 1 aliphatic heterocycles. The first kappa shape index (κ1) is 17.6. The number of carbonyl (C=O) groups excluding carboxylic acids is 1. The number of amides is 1. The normalized spacial score (nSPS) is 18.7. The second-order valence-corrected chi connectivity index (χ2v) is 5.66. The fourth-order valence-electron chi connectivity index (χ4n) is 2.64. The van der Waals surface area contributed by atoms with Crippen molar-refractivity contribution in [3.8, 4) is 0 Å². The molecule has 1 fully saturated rings. The highest BCUT2D eigenvalue weighted by Gasteiger charge is 2.22. The fourth-order valence-corrected chi connectivity index (χ4v) is 2.64. The molecule has 1 amide bonds. The van der Waals surface area contributed by atoms with Crippen LogP contribution in [0.5, 0.6) is 0 Å². The molecule has 126 valence electrons. The first-order valence-electron chi connectivity index (χ1n) is 7.71. The zero-order valence-corrected chi connectivity index (χ0v) is 13.2. The molecule has 0 aliphatic carbocycles. The Kier molecular flexibility index (Phi) is 6.67. The first-order valence-corrected chi connectivity index (χ1v) is 7.71. The van der Waals surface area contributed by atoms with Crippen LogP contribution in [0.4, 0.5) is 8.78 Å². The smallest absolute Gasteiger partial charge is 0.244 e. The number of likely N-dealkylation sites (tertiary alicyclic amines) is 1. The van der Waals surface area contributed by atoms with Gasteiger partial charge in [-0.25, -0.2) is 8.78 Å². The number of methoxy groups -OCH3 is 1. The highest BCUT2D eigenvalue weighted by Crippen LogP contribution is 2.15. The van der Waals surface area contributed by atoms with Crippen LogP contribution in [0.25, 0.3) is 6.08 Å². The topological polar surface area (TPSA) is 41.6 Å². The molecule has 0 bridgehead atoms. The van der Waals surface area contributed by atoms with Gasteiger partial charge in [-0.05, 0) is 37.1 Å². The van der Waals surface area contributed by atoms with Gasteiger partial charge in [-0.3, -0.25) is 4.79 Å². The number of rotatable bonds is 7. The Labute approximate surface area is 135 Å². The quantitative estimate of drug-likeness (QED) is 0.781. The van der Waals surface area contributed by atoms with Crippen LogP contribution in [0.15, 0.2) is 24.3 Å². The summed E-state index contributed by atoms with van der Waals surface area (Å²) in [4.78, 5) is 14.1. The number of nitrogens with zero attached hydrogens (tertiary/aromatic N) is 1. The predicted octanol–water partition coefficient (Wildman–Crippen LogP) is 2.06. The van der Waals surface area contributed by atoms with Crippen LogP contribution in [0.2, 0.25) is 0 Å². The maximum absolute atomic E-state index is 13.4. The molecular formula is C17H22F2N2O2. The lowest BCUT2D eigenvalue weighted by atomic mass is 10.1. The molecule has 1 aromatic rings. The Morgan fingerprint density at radius 1 is 1.43 bits per heavy atom. The Hall–Kier alpha value is -1.79. The van der Waals surface area contributed by atoms with Crippen molar-refractivity contribution in [2.24, 2.45) is 5.92 Å². The summed E-state index contributed by atoms with van der Waals surface area (Å²) in [5.74, 6) is -1.31. The first-order chi connectivity index (χ1) is 11.1. The second-order valence-electron chi connectivity index (χ2n) is 5.66. The summed E-state index contributed by atoms with van der Waals surface area (Å²) in [5, 5.41) is 2.78. The third-order valence-corrected chi connectivity index (χ3v) is 3.95. The van der Waals surface area contributed by atoms with Crippen LogP contribution < -0.4 is 5.32 Å². The van der Waals surface area contributed by atoms with Crippen LogP contribution >= 0.6 is 0 Å². The van der Waals surface area contributed by atoms with Gasteiger partial charge in [0.25, 0.3) is 0 Å².